The molecule has 0 saturated carbocycles. The number of pyridine rings is 1. The Morgan fingerprint density at radius 2 is 1.92 bits per heavy atom. The van der Waals surface area contributed by atoms with Crippen molar-refractivity contribution >= 4 is 11.6 Å². The fourth-order valence-electron chi connectivity index (χ4n) is 1.58. The van der Waals surface area contributed by atoms with Gasteiger partial charge in [-0.25, -0.2) is 0 Å². The molecule has 0 spiro atoms. The van der Waals surface area contributed by atoms with Gasteiger partial charge in [0.05, 0.1) is 5.02 Å². The Morgan fingerprint density at radius 1 is 1.31 bits per heavy atom. The first-order valence-corrected chi connectivity index (χ1v) is 4.97. The summed E-state index contributed by atoms with van der Waals surface area (Å²) in [5, 5.41) is 0.784. The van der Waals surface area contributed by atoms with Crippen LogP contribution in [0.15, 0.2) is 12.4 Å². The highest BCUT2D eigenvalue weighted by Gasteiger charge is 2.20. The van der Waals surface area contributed by atoms with Crippen molar-refractivity contribution in [3.8, 4) is 0 Å². The first kappa shape index (κ1) is 10.5. The number of nitrogens with zero attached hydrogens (tertiary/aromatic N) is 1. The van der Waals surface area contributed by atoms with E-state index < -0.39 is 0 Å². The van der Waals surface area contributed by atoms with Crippen molar-refractivity contribution in [1.82, 2.24) is 4.98 Å². The molecule has 0 amide bonds. The molecule has 0 saturated heterocycles. The van der Waals surface area contributed by atoms with Gasteiger partial charge in [0, 0.05) is 12.4 Å². The topological polar surface area (TPSA) is 12.9 Å². The van der Waals surface area contributed by atoms with Crippen LogP contribution in [0.4, 0.5) is 0 Å². The van der Waals surface area contributed by atoms with Crippen molar-refractivity contribution in [3.63, 3.8) is 0 Å². The molecule has 0 radical (unpaired) electrons. The van der Waals surface area contributed by atoms with E-state index in [-0.39, 0.29) is 5.41 Å². The van der Waals surface area contributed by atoms with Crippen molar-refractivity contribution in [3.05, 3.63) is 28.5 Å². The normalized spacial score (nSPS) is 11.8. The van der Waals surface area contributed by atoms with Crippen LogP contribution in [0.5, 0.6) is 0 Å². The van der Waals surface area contributed by atoms with Gasteiger partial charge in [0.1, 0.15) is 0 Å². The molecule has 1 rings (SSSR count). The first-order valence-electron chi connectivity index (χ1n) is 4.59. The lowest BCUT2D eigenvalue weighted by atomic mass is 9.84. The fraction of sp³-hybridized carbons (Fsp3) is 0.545. The molecular formula is C11H16ClN. The van der Waals surface area contributed by atoms with Crippen molar-refractivity contribution in [2.45, 2.75) is 39.5 Å². The van der Waals surface area contributed by atoms with E-state index in [1.54, 1.807) is 6.20 Å². The van der Waals surface area contributed by atoms with Gasteiger partial charge in [0.2, 0.25) is 0 Å². The lowest BCUT2D eigenvalue weighted by Gasteiger charge is -2.23. The van der Waals surface area contributed by atoms with Crippen LogP contribution in [0, 0.1) is 0 Å². The summed E-state index contributed by atoms with van der Waals surface area (Å²) in [5.41, 5.74) is 2.58. The zero-order valence-electron chi connectivity index (χ0n) is 8.69. The van der Waals surface area contributed by atoms with Gasteiger partial charge in [-0.05, 0) is 23.0 Å². The summed E-state index contributed by atoms with van der Waals surface area (Å²) >= 11 is 6.13. The maximum atomic E-state index is 6.13. The first-order chi connectivity index (χ1) is 5.96. The molecular weight excluding hydrogens is 182 g/mol. The Morgan fingerprint density at radius 3 is 2.31 bits per heavy atom. The van der Waals surface area contributed by atoms with Crippen LogP contribution in [-0.4, -0.2) is 4.98 Å². The maximum absolute atomic E-state index is 6.13. The minimum Gasteiger partial charge on any atom is -0.263 e. The van der Waals surface area contributed by atoms with E-state index in [9.17, 15) is 0 Å². The molecule has 0 aromatic carbocycles. The molecule has 13 heavy (non-hydrogen) atoms. The van der Waals surface area contributed by atoms with Gasteiger partial charge in [-0.3, -0.25) is 4.98 Å². The monoisotopic (exact) mass is 197 g/mol. The maximum Gasteiger partial charge on any atom is 0.0629 e. The standard InChI is InChI=1S/C11H16ClN/c1-5-8-6-13-7-9(12)10(8)11(2,3)4/h6-7H,5H2,1-4H3. The molecule has 0 aliphatic carbocycles. The van der Waals surface area contributed by atoms with Crippen molar-refractivity contribution in [1.29, 1.82) is 0 Å². The van der Waals surface area contributed by atoms with Gasteiger partial charge in [0.25, 0.3) is 0 Å². The molecule has 0 atom stereocenters. The van der Waals surface area contributed by atoms with Crippen LogP contribution in [0.25, 0.3) is 0 Å². The minimum atomic E-state index is 0.103. The average molecular weight is 198 g/mol. The largest absolute Gasteiger partial charge is 0.263 e. The van der Waals surface area contributed by atoms with Gasteiger partial charge in [-0.15, -0.1) is 0 Å². The summed E-state index contributed by atoms with van der Waals surface area (Å²) in [6.45, 7) is 8.65. The van der Waals surface area contributed by atoms with Crippen LogP contribution in [0.3, 0.4) is 0 Å². The van der Waals surface area contributed by atoms with E-state index in [1.807, 2.05) is 6.20 Å². The molecule has 1 aromatic rings. The third kappa shape index (κ3) is 2.22. The minimum absolute atomic E-state index is 0.103. The third-order valence-corrected chi connectivity index (χ3v) is 2.40. The van der Waals surface area contributed by atoms with Crippen molar-refractivity contribution in [2.75, 3.05) is 0 Å². The summed E-state index contributed by atoms with van der Waals surface area (Å²) in [6, 6.07) is 0. The smallest absolute Gasteiger partial charge is 0.0629 e. The Bertz CT molecular complexity index is 299. The molecule has 0 bridgehead atoms. The van der Waals surface area contributed by atoms with Gasteiger partial charge >= 0.3 is 0 Å². The fourth-order valence-corrected chi connectivity index (χ4v) is 2.04. The molecule has 0 fully saturated rings. The number of aryl methyl sites for hydroxylation is 1. The zero-order chi connectivity index (χ0) is 10.1. The quantitative estimate of drug-likeness (QED) is 0.671. The second-order valence-electron chi connectivity index (χ2n) is 4.26. The van der Waals surface area contributed by atoms with Gasteiger partial charge in [-0.1, -0.05) is 39.3 Å². The second kappa shape index (κ2) is 3.67. The van der Waals surface area contributed by atoms with Crippen LogP contribution >= 0.6 is 11.6 Å². The van der Waals surface area contributed by atoms with E-state index in [4.69, 9.17) is 11.6 Å². The summed E-state index contributed by atoms with van der Waals surface area (Å²) < 4.78 is 0. The van der Waals surface area contributed by atoms with Gasteiger partial charge < -0.3 is 0 Å². The van der Waals surface area contributed by atoms with Crippen molar-refractivity contribution in [2.24, 2.45) is 0 Å². The lowest BCUT2D eigenvalue weighted by molar-refractivity contribution is 0.582. The highest BCUT2D eigenvalue weighted by molar-refractivity contribution is 6.31. The van der Waals surface area contributed by atoms with Crippen LogP contribution < -0.4 is 0 Å². The second-order valence-corrected chi connectivity index (χ2v) is 4.67. The predicted octanol–water partition coefficient (Wildman–Crippen LogP) is 3.59. The van der Waals surface area contributed by atoms with Crippen LogP contribution in [-0.2, 0) is 11.8 Å². The van der Waals surface area contributed by atoms with E-state index >= 15 is 0 Å². The molecule has 1 aromatic heterocycles. The van der Waals surface area contributed by atoms with Gasteiger partial charge in [0.15, 0.2) is 0 Å². The zero-order valence-corrected chi connectivity index (χ0v) is 9.44. The Balaban J connectivity index is 3.32. The highest BCUT2D eigenvalue weighted by Crippen LogP contribution is 2.31. The average Bonchev–Trinajstić information content (AvgIpc) is 2.01. The highest BCUT2D eigenvalue weighted by atomic mass is 35.5. The van der Waals surface area contributed by atoms with E-state index in [0.29, 0.717) is 0 Å². The molecule has 2 heteroatoms. The lowest BCUT2D eigenvalue weighted by Crippen LogP contribution is -2.15. The Hall–Kier alpha value is -0.560. The summed E-state index contributed by atoms with van der Waals surface area (Å²) in [7, 11) is 0. The molecule has 0 unspecified atom stereocenters. The molecule has 1 nitrogen and oxygen atoms in total. The Labute approximate surface area is 85.1 Å². The predicted molar refractivity (Wildman–Crippen MR) is 57.3 cm³/mol. The van der Waals surface area contributed by atoms with E-state index in [0.717, 1.165) is 11.4 Å². The number of aromatic nitrogens is 1. The van der Waals surface area contributed by atoms with Crippen LogP contribution in [0.1, 0.15) is 38.8 Å². The molecule has 0 aliphatic rings. The van der Waals surface area contributed by atoms with Crippen LogP contribution in [0.2, 0.25) is 5.02 Å². The molecule has 1 heterocycles. The van der Waals surface area contributed by atoms with Crippen molar-refractivity contribution < 1.29 is 0 Å². The number of halogens is 1. The SMILES string of the molecule is CCc1cncc(Cl)c1C(C)(C)C. The number of hydrogen-bond donors (Lipinski definition) is 0. The number of rotatable bonds is 1. The summed E-state index contributed by atoms with van der Waals surface area (Å²) in [5.74, 6) is 0. The number of hydrogen-bond acceptors (Lipinski definition) is 1. The van der Waals surface area contributed by atoms with E-state index in [2.05, 4.69) is 32.7 Å². The Kier molecular flexibility index (Phi) is 2.97. The summed E-state index contributed by atoms with van der Waals surface area (Å²) in [4.78, 5) is 4.10. The molecule has 0 N–H and O–H groups in total. The molecule has 72 valence electrons. The van der Waals surface area contributed by atoms with E-state index in [1.165, 1.54) is 11.1 Å². The third-order valence-electron chi connectivity index (χ3n) is 2.11. The van der Waals surface area contributed by atoms with Gasteiger partial charge in [-0.2, -0.15) is 0 Å². The molecule has 0 aliphatic heterocycles. The summed E-state index contributed by atoms with van der Waals surface area (Å²) in [6.07, 6.45) is 4.62.